The molecule has 0 aromatic heterocycles. The van der Waals surface area contributed by atoms with E-state index in [-0.39, 0.29) is 17.2 Å². The molecule has 0 bridgehead atoms. The summed E-state index contributed by atoms with van der Waals surface area (Å²) in [4.78, 5) is 38.5. The minimum Gasteiger partial charge on any atom is -0.493 e. The third-order valence-electron chi connectivity index (χ3n) is 4.05. The smallest absolute Gasteiger partial charge is 0.293 e. The Labute approximate surface area is 174 Å². The fraction of sp³-hybridized carbons (Fsp3) is 0.150. The monoisotopic (exact) mass is 461 g/mol. The molecule has 1 fully saturated rings. The molecular formula is C20H16BrNO5S. The molecule has 1 heterocycles. The highest BCUT2D eigenvalue weighted by atomic mass is 79.9. The van der Waals surface area contributed by atoms with E-state index in [0.717, 1.165) is 21.1 Å². The van der Waals surface area contributed by atoms with Crippen molar-refractivity contribution in [2.75, 3.05) is 20.8 Å². The Hall–Kier alpha value is -2.58. The first-order valence-corrected chi connectivity index (χ1v) is 9.80. The van der Waals surface area contributed by atoms with Gasteiger partial charge in [0.15, 0.2) is 17.3 Å². The summed E-state index contributed by atoms with van der Waals surface area (Å²) in [6.45, 7) is -0.296. The lowest BCUT2D eigenvalue weighted by Gasteiger charge is -2.11. The van der Waals surface area contributed by atoms with Crippen LogP contribution in [-0.4, -0.2) is 42.6 Å². The van der Waals surface area contributed by atoms with E-state index in [1.54, 1.807) is 48.5 Å². The van der Waals surface area contributed by atoms with Gasteiger partial charge in [-0.1, -0.05) is 34.1 Å². The molecule has 0 radical (unpaired) electrons. The Morgan fingerprint density at radius 3 is 2.39 bits per heavy atom. The van der Waals surface area contributed by atoms with Gasteiger partial charge in [-0.15, -0.1) is 0 Å². The molecule has 0 unspecified atom stereocenters. The molecule has 2 amide bonds. The van der Waals surface area contributed by atoms with Gasteiger partial charge in [0.05, 0.1) is 25.7 Å². The number of imide groups is 1. The molecule has 0 atom stereocenters. The highest BCUT2D eigenvalue weighted by Crippen LogP contribution is 2.34. The lowest BCUT2D eigenvalue weighted by Crippen LogP contribution is -2.33. The molecule has 2 aromatic rings. The second-order valence-electron chi connectivity index (χ2n) is 5.81. The van der Waals surface area contributed by atoms with Gasteiger partial charge in [0, 0.05) is 10.0 Å². The number of rotatable bonds is 6. The fourth-order valence-corrected chi connectivity index (χ4v) is 3.70. The van der Waals surface area contributed by atoms with Crippen molar-refractivity contribution in [1.82, 2.24) is 4.90 Å². The second-order valence-corrected chi connectivity index (χ2v) is 7.72. The lowest BCUT2D eigenvalue weighted by atomic mass is 10.1. The lowest BCUT2D eigenvalue weighted by molar-refractivity contribution is -0.122. The Morgan fingerprint density at radius 1 is 1.07 bits per heavy atom. The number of Topliss-reactive ketones (excluding diaryl/α,β-unsaturated/α-hetero) is 1. The van der Waals surface area contributed by atoms with Crippen LogP contribution in [0, 0.1) is 0 Å². The number of amides is 2. The first kappa shape index (κ1) is 20.2. The van der Waals surface area contributed by atoms with Gasteiger partial charge in [0.2, 0.25) is 0 Å². The minimum atomic E-state index is -0.491. The van der Waals surface area contributed by atoms with Crippen LogP contribution >= 0.6 is 27.7 Å². The van der Waals surface area contributed by atoms with Crippen molar-refractivity contribution in [2.45, 2.75) is 0 Å². The Morgan fingerprint density at radius 2 is 1.75 bits per heavy atom. The molecule has 0 aliphatic carbocycles. The second kappa shape index (κ2) is 8.62. The predicted molar refractivity (Wildman–Crippen MR) is 111 cm³/mol. The maximum Gasteiger partial charge on any atom is 0.293 e. The highest BCUT2D eigenvalue weighted by Gasteiger charge is 2.36. The van der Waals surface area contributed by atoms with E-state index in [9.17, 15) is 14.4 Å². The number of ketones is 1. The van der Waals surface area contributed by atoms with Gasteiger partial charge >= 0.3 is 0 Å². The van der Waals surface area contributed by atoms with Crippen LogP contribution < -0.4 is 9.47 Å². The van der Waals surface area contributed by atoms with Crippen molar-refractivity contribution >= 4 is 50.7 Å². The fourth-order valence-electron chi connectivity index (χ4n) is 2.60. The van der Waals surface area contributed by atoms with Crippen molar-refractivity contribution in [3.05, 3.63) is 63.0 Å². The van der Waals surface area contributed by atoms with Gasteiger partial charge in [-0.05, 0) is 47.7 Å². The van der Waals surface area contributed by atoms with Crippen molar-refractivity contribution < 1.29 is 23.9 Å². The van der Waals surface area contributed by atoms with Crippen molar-refractivity contribution in [3.63, 3.8) is 0 Å². The van der Waals surface area contributed by atoms with E-state index in [1.807, 2.05) is 0 Å². The topological polar surface area (TPSA) is 72.9 Å². The zero-order valence-corrected chi connectivity index (χ0v) is 17.5. The van der Waals surface area contributed by atoms with Crippen molar-refractivity contribution in [3.8, 4) is 11.5 Å². The van der Waals surface area contributed by atoms with Gasteiger partial charge in [0.25, 0.3) is 11.1 Å². The van der Waals surface area contributed by atoms with Crippen LogP contribution in [0.1, 0.15) is 15.9 Å². The molecular weight excluding hydrogens is 446 g/mol. The summed E-state index contributed by atoms with van der Waals surface area (Å²) in [5.41, 5.74) is 1.12. The van der Waals surface area contributed by atoms with Crippen LogP contribution in [0.4, 0.5) is 4.79 Å². The van der Waals surface area contributed by atoms with E-state index in [2.05, 4.69) is 15.9 Å². The zero-order valence-electron chi connectivity index (χ0n) is 15.1. The molecule has 1 aliphatic rings. The molecule has 1 saturated heterocycles. The number of benzene rings is 2. The first-order chi connectivity index (χ1) is 13.4. The van der Waals surface area contributed by atoms with Crippen molar-refractivity contribution in [1.29, 1.82) is 0 Å². The number of hydrogen-bond acceptors (Lipinski definition) is 6. The molecule has 1 aliphatic heterocycles. The number of carbonyl (C=O) groups is 3. The Bertz CT molecular complexity index is 971. The van der Waals surface area contributed by atoms with Crippen LogP contribution in [-0.2, 0) is 4.79 Å². The van der Waals surface area contributed by atoms with E-state index >= 15 is 0 Å². The Kier molecular flexibility index (Phi) is 6.21. The number of thioether (sulfide) groups is 1. The summed E-state index contributed by atoms with van der Waals surface area (Å²) in [6.07, 6.45) is 1.59. The third-order valence-corrected chi connectivity index (χ3v) is 5.48. The van der Waals surface area contributed by atoms with Crippen LogP contribution in [0.3, 0.4) is 0 Å². The van der Waals surface area contributed by atoms with Crippen LogP contribution in [0.15, 0.2) is 51.8 Å². The summed E-state index contributed by atoms with van der Waals surface area (Å²) < 4.78 is 11.3. The van der Waals surface area contributed by atoms with E-state index in [0.29, 0.717) is 22.6 Å². The largest absolute Gasteiger partial charge is 0.493 e. The predicted octanol–water partition coefficient (Wildman–Crippen LogP) is 4.39. The third kappa shape index (κ3) is 4.28. The number of nitrogens with zero attached hydrogens (tertiary/aromatic N) is 1. The summed E-state index contributed by atoms with van der Waals surface area (Å²) >= 11 is 4.11. The Balaban J connectivity index is 1.78. The standard InChI is InChI=1S/C20H16BrNO5S/c1-26-16-8-3-12(9-17(16)27-2)10-18-19(24)22(20(25)28-18)11-15(23)13-4-6-14(21)7-5-13/h3-10H,11H2,1-2H3/b18-10+. The maximum atomic E-state index is 12.6. The molecule has 8 heteroatoms. The summed E-state index contributed by atoms with van der Waals surface area (Å²) in [7, 11) is 3.05. The summed E-state index contributed by atoms with van der Waals surface area (Å²) in [5.74, 6) is 0.283. The van der Waals surface area contributed by atoms with Gasteiger partial charge in [-0.25, -0.2) is 0 Å². The SMILES string of the molecule is COc1ccc(/C=C2/SC(=O)N(CC(=O)c3ccc(Br)cc3)C2=O)cc1OC. The van der Waals surface area contributed by atoms with E-state index < -0.39 is 11.1 Å². The molecule has 0 spiro atoms. The van der Waals surface area contributed by atoms with Gasteiger partial charge < -0.3 is 9.47 Å². The molecule has 0 N–H and O–H groups in total. The van der Waals surface area contributed by atoms with E-state index in [1.165, 1.54) is 14.2 Å². The summed E-state index contributed by atoms with van der Waals surface area (Å²) in [5, 5.41) is -0.470. The molecule has 144 valence electrons. The van der Waals surface area contributed by atoms with Crippen LogP contribution in [0.25, 0.3) is 6.08 Å². The number of halogens is 1. The van der Waals surface area contributed by atoms with Crippen LogP contribution in [0.5, 0.6) is 11.5 Å². The zero-order chi connectivity index (χ0) is 20.3. The van der Waals surface area contributed by atoms with Crippen LogP contribution in [0.2, 0.25) is 0 Å². The quantitative estimate of drug-likeness (QED) is 0.469. The average Bonchev–Trinajstić information content (AvgIpc) is 2.95. The minimum absolute atomic E-state index is 0.251. The number of methoxy groups -OCH3 is 2. The highest BCUT2D eigenvalue weighted by molar-refractivity contribution is 9.10. The molecule has 2 aromatic carbocycles. The number of carbonyl (C=O) groups excluding carboxylic acids is 3. The van der Waals surface area contributed by atoms with Gasteiger partial charge in [-0.2, -0.15) is 0 Å². The van der Waals surface area contributed by atoms with Crippen molar-refractivity contribution in [2.24, 2.45) is 0 Å². The van der Waals surface area contributed by atoms with Gasteiger partial charge in [0.1, 0.15) is 0 Å². The molecule has 28 heavy (non-hydrogen) atoms. The molecule has 0 saturated carbocycles. The maximum absolute atomic E-state index is 12.6. The molecule has 6 nitrogen and oxygen atoms in total. The average molecular weight is 462 g/mol. The number of hydrogen-bond donors (Lipinski definition) is 0. The summed E-state index contributed by atoms with van der Waals surface area (Å²) in [6, 6.07) is 11.9. The normalized spacial score (nSPS) is 15.2. The molecule has 3 rings (SSSR count). The first-order valence-electron chi connectivity index (χ1n) is 8.19. The van der Waals surface area contributed by atoms with Gasteiger partial charge in [-0.3, -0.25) is 19.3 Å². The van der Waals surface area contributed by atoms with E-state index in [4.69, 9.17) is 9.47 Å². The number of ether oxygens (including phenoxy) is 2.